The smallest absolute Gasteiger partial charge is 0.0665 e. The van der Waals surface area contributed by atoms with Crippen LogP contribution in [0.25, 0.3) is 0 Å². The van der Waals surface area contributed by atoms with Crippen molar-refractivity contribution in [3.63, 3.8) is 0 Å². The zero-order valence-electron chi connectivity index (χ0n) is 18.4. The molecule has 0 spiro atoms. The zero-order valence-corrected chi connectivity index (χ0v) is 18.4. The van der Waals surface area contributed by atoms with Gasteiger partial charge in [0.15, 0.2) is 0 Å². The maximum atomic E-state index is 6.42. The van der Waals surface area contributed by atoms with Gasteiger partial charge in [0.25, 0.3) is 0 Å². The second kappa shape index (κ2) is 11.0. The van der Waals surface area contributed by atoms with Crippen molar-refractivity contribution in [2.24, 2.45) is 23.2 Å². The van der Waals surface area contributed by atoms with Crippen LogP contribution < -0.4 is 0 Å². The van der Waals surface area contributed by atoms with Crippen molar-refractivity contribution in [3.8, 4) is 0 Å². The van der Waals surface area contributed by atoms with Gasteiger partial charge < -0.3 is 4.74 Å². The van der Waals surface area contributed by atoms with Crippen LogP contribution in [0.4, 0.5) is 0 Å². The third-order valence-corrected chi connectivity index (χ3v) is 8.13. The third-order valence-electron chi connectivity index (χ3n) is 8.13. The number of hydrogen-bond acceptors (Lipinski definition) is 1. The summed E-state index contributed by atoms with van der Waals surface area (Å²) in [6.07, 6.45) is 28.3. The molecule has 3 fully saturated rings. The molecular weight excluding hydrogens is 328 g/mol. The molecule has 1 aliphatic heterocycles. The average Bonchev–Trinajstić information content (AvgIpc) is 2.74. The summed E-state index contributed by atoms with van der Waals surface area (Å²) < 4.78 is 6.42. The van der Waals surface area contributed by atoms with Crippen molar-refractivity contribution in [3.05, 3.63) is 12.2 Å². The molecule has 0 radical (unpaired) electrons. The van der Waals surface area contributed by atoms with E-state index >= 15 is 0 Å². The fourth-order valence-corrected chi connectivity index (χ4v) is 6.25. The summed E-state index contributed by atoms with van der Waals surface area (Å²) in [7, 11) is 0. The summed E-state index contributed by atoms with van der Waals surface area (Å²) in [5.74, 6) is 2.79. The van der Waals surface area contributed by atoms with E-state index in [4.69, 9.17) is 4.74 Å². The highest BCUT2D eigenvalue weighted by atomic mass is 16.5. The van der Waals surface area contributed by atoms with E-state index in [-0.39, 0.29) is 0 Å². The van der Waals surface area contributed by atoms with E-state index in [1.165, 1.54) is 103 Å². The summed E-state index contributed by atoms with van der Waals surface area (Å²) in [4.78, 5) is 0. The molecule has 3 unspecified atom stereocenters. The highest BCUT2D eigenvalue weighted by Gasteiger charge is 2.42. The van der Waals surface area contributed by atoms with Crippen LogP contribution in [0.3, 0.4) is 0 Å². The predicted octanol–water partition coefficient (Wildman–Crippen LogP) is 8.09. The molecular formula is C26H46O. The van der Waals surface area contributed by atoms with E-state index in [1.807, 2.05) is 0 Å². The molecule has 0 aromatic heterocycles. The van der Waals surface area contributed by atoms with Crippen LogP contribution in [0.5, 0.6) is 0 Å². The van der Waals surface area contributed by atoms with Crippen LogP contribution >= 0.6 is 0 Å². The molecule has 156 valence electrons. The van der Waals surface area contributed by atoms with Crippen LogP contribution in [-0.2, 0) is 4.74 Å². The Kier molecular flexibility index (Phi) is 8.75. The number of rotatable bonds is 8. The zero-order chi connectivity index (χ0) is 19.0. The fraction of sp³-hybridized carbons (Fsp3) is 0.923. The maximum Gasteiger partial charge on any atom is 0.0665 e. The number of unbranched alkanes of at least 4 members (excludes halogenated alkanes) is 2. The monoisotopic (exact) mass is 374 g/mol. The standard InChI is InChI=1S/C26H46O/c1-3-5-6-10-24-11-9-18-26(21-24,25-12-7-8-20-27-25)19-17-23-15-13-22(4-2)14-16-23/h17,19,22-25H,3-16,18,20-21H2,1-2H3. The average molecular weight is 375 g/mol. The highest BCUT2D eigenvalue weighted by molar-refractivity contribution is 5.09. The molecule has 3 aliphatic rings. The second-order valence-corrected chi connectivity index (χ2v) is 10.1. The Morgan fingerprint density at radius 1 is 0.889 bits per heavy atom. The predicted molar refractivity (Wildman–Crippen MR) is 117 cm³/mol. The van der Waals surface area contributed by atoms with Crippen molar-refractivity contribution in [1.82, 2.24) is 0 Å². The van der Waals surface area contributed by atoms with Gasteiger partial charge in [0.2, 0.25) is 0 Å². The molecule has 0 aromatic rings. The first kappa shape index (κ1) is 21.4. The Hall–Kier alpha value is -0.300. The summed E-state index contributed by atoms with van der Waals surface area (Å²) in [6, 6.07) is 0. The lowest BCUT2D eigenvalue weighted by Gasteiger charge is -2.46. The first-order chi connectivity index (χ1) is 13.3. The Morgan fingerprint density at radius 3 is 2.44 bits per heavy atom. The molecule has 3 rings (SSSR count). The Balaban J connectivity index is 1.65. The first-order valence-corrected chi connectivity index (χ1v) is 12.6. The fourth-order valence-electron chi connectivity index (χ4n) is 6.25. The van der Waals surface area contributed by atoms with Gasteiger partial charge >= 0.3 is 0 Å². The van der Waals surface area contributed by atoms with Crippen molar-refractivity contribution in [2.45, 2.75) is 123 Å². The molecule has 3 atom stereocenters. The number of allylic oxidation sites excluding steroid dienone is 1. The van der Waals surface area contributed by atoms with E-state index in [0.717, 1.165) is 24.4 Å². The Morgan fingerprint density at radius 2 is 1.74 bits per heavy atom. The molecule has 0 bridgehead atoms. The van der Waals surface area contributed by atoms with Crippen molar-refractivity contribution >= 4 is 0 Å². The van der Waals surface area contributed by atoms with Crippen molar-refractivity contribution in [1.29, 1.82) is 0 Å². The van der Waals surface area contributed by atoms with Gasteiger partial charge in [-0.05, 0) is 75.5 Å². The van der Waals surface area contributed by atoms with Crippen LogP contribution in [0, 0.1) is 23.2 Å². The van der Waals surface area contributed by atoms with Crippen LogP contribution in [0.15, 0.2) is 12.2 Å². The lowest BCUT2D eigenvalue weighted by atomic mass is 9.63. The minimum atomic E-state index is 0.358. The summed E-state index contributed by atoms with van der Waals surface area (Å²) in [5, 5.41) is 0. The maximum absolute atomic E-state index is 6.42. The van der Waals surface area contributed by atoms with E-state index < -0.39 is 0 Å². The molecule has 1 saturated heterocycles. The van der Waals surface area contributed by atoms with Crippen LogP contribution in [0.2, 0.25) is 0 Å². The first-order valence-electron chi connectivity index (χ1n) is 12.6. The summed E-state index contributed by atoms with van der Waals surface area (Å²) in [5.41, 5.74) is 0.358. The molecule has 1 heterocycles. The van der Waals surface area contributed by atoms with Gasteiger partial charge in [0.1, 0.15) is 0 Å². The van der Waals surface area contributed by atoms with E-state index in [2.05, 4.69) is 26.0 Å². The number of hydrogen-bond donors (Lipinski definition) is 0. The summed E-state index contributed by atoms with van der Waals surface area (Å²) >= 11 is 0. The molecule has 0 amide bonds. The Bertz CT molecular complexity index is 427. The molecule has 1 nitrogen and oxygen atoms in total. The molecule has 2 aliphatic carbocycles. The lowest BCUT2D eigenvalue weighted by Crippen LogP contribution is -2.41. The molecule has 0 aromatic carbocycles. The van der Waals surface area contributed by atoms with Gasteiger partial charge in [0.05, 0.1) is 6.10 Å². The third kappa shape index (κ3) is 6.09. The van der Waals surface area contributed by atoms with Crippen LogP contribution in [0.1, 0.15) is 117 Å². The molecule has 1 heteroatoms. The summed E-state index contributed by atoms with van der Waals surface area (Å²) in [6.45, 7) is 5.70. The highest BCUT2D eigenvalue weighted by Crippen LogP contribution is 2.48. The topological polar surface area (TPSA) is 9.23 Å². The van der Waals surface area contributed by atoms with Crippen LogP contribution in [-0.4, -0.2) is 12.7 Å². The van der Waals surface area contributed by atoms with Crippen molar-refractivity contribution in [2.75, 3.05) is 6.61 Å². The Labute approximate surface area is 169 Å². The number of ether oxygens (including phenoxy) is 1. The molecule has 27 heavy (non-hydrogen) atoms. The normalized spacial score (nSPS) is 38.3. The van der Waals surface area contributed by atoms with Gasteiger partial charge in [0, 0.05) is 12.0 Å². The molecule has 2 saturated carbocycles. The minimum absolute atomic E-state index is 0.358. The van der Waals surface area contributed by atoms with Gasteiger partial charge in [-0.2, -0.15) is 0 Å². The van der Waals surface area contributed by atoms with E-state index in [1.54, 1.807) is 0 Å². The van der Waals surface area contributed by atoms with Crippen molar-refractivity contribution < 1.29 is 4.74 Å². The lowest BCUT2D eigenvalue weighted by molar-refractivity contribution is -0.0707. The molecule has 0 N–H and O–H groups in total. The SMILES string of the molecule is CCCCCC1CCCC(C=CC2CCC(CC)CC2)(C2CCCCO2)C1. The minimum Gasteiger partial charge on any atom is -0.377 e. The van der Waals surface area contributed by atoms with E-state index in [0.29, 0.717) is 11.5 Å². The van der Waals surface area contributed by atoms with Gasteiger partial charge in [-0.25, -0.2) is 0 Å². The van der Waals surface area contributed by atoms with Gasteiger partial charge in [-0.1, -0.05) is 70.9 Å². The second-order valence-electron chi connectivity index (χ2n) is 10.1. The van der Waals surface area contributed by atoms with E-state index in [9.17, 15) is 0 Å². The largest absolute Gasteiger partial charge is 0.377 e. The van der Waals surface area contributed by atoms with Gasteiger partial charge in [-0.15, -0.1) is 0 Å². The van der Waals surface area contributed by atoms with Gasteiger partial charge in [-0.3, -0.25) is 0 Å². The quantitative estimate of drug-likeness (QED) is 0.308.